The first-order valence-corrected chi connectivity index (χ1v) is 4.84. The predicted molar refractivity (Wildman–Crippen MR) is 50.1 cm³/mol. The number of Topliss-reactive ketones (excluding diaryl/α,β-unsaturated/α-hetero) is 1. The summed E-state index contributed by atoms with van der Waals surface area (Å²) in [7, 11) is 0. The number of hydrogen-bond acceptors (Lipinski definition) is 2. The van der Waals surface area contributed by atoms with Gasteiger partial charge in [0.25, 0.3) is 0 Å². The van der Waals surface area contributed by atoms with Gasteiger partial charge in [0.05, 0.1) is 6.10 Å². The second-order valence-electron chi connectivity index (χ2n) is 3.39. The third-order valence-electron chi connectivity index (χ3n) is 1.96. The summed E-state index contributed by atoms with van der Waals surface area (Å²) in [5.41, 5.74) is 0. The second-order valence-corrected chi connectivity index (χ2v) is 3.39. The molecule has 0 bridgehead atoms. The lowest BCUT2D eigenvalue weighted by Gasteiger charge is -2.07. The number of ketones is 1. The number of aliphatic hydroxyl groups excluding tert-OH is 1. The highest BCUT2D eigenvalue weighted by Crippen LogP contribution is 2.08. The van der Waals surface area contributed by atoms with Gasteiger partial charge in [0.2, 0.25) is 0 Å². The van der Waals surface area contributed by atoms with Gasteiger partial charge in [-0.05, 0) is 26.2 Å². The zero-order chi connectivity index (χ0) is 9.40. The molecule has 0 aromatic carbocycles. The predicted octanol–water partition coefficient (Wildman–Crippen LogP) is 2.30. The molecule has 0 aliphatic heterocycles. The Hall–Kier alpha value is -0.370. The van der Waals surface area contributed by atoms with Crippen molar-refractivity contribution in [3.8, 4) is 0 Å². The molecular weight excluding hydrogens is 152 g/mol. The first-order valence-electron chi connectivity index (χ1n) is 4.84. The molecule has 72 valence electrons. The molecule has 0 aromatic rings. The molecule has 0 rings (SSSR count). The van der Waals surface area contributed by atoms with Crippen molar-refractivity contribution in [1.29, 1.82) is 0 Å². The zero-order valence-corrected chi connectivity index (χ0v) is 8.18. The van der Waals surface area contributed by atoms with Gasteiger partial charge in [0, 0.05) is 6.42 Å². The molecule has 0 saturated heterocycles. The molecule has 0 heterocycles. The van der Waals surface area contributed by atoms with Crippen molar-refractivity contribution in [2.45, 2.75) is 58.5 Å². The van der Waals surface area contributed by atoms with E-state index in [1.807, 2.05) is 0 Å². The van der Waals surface area contributed by atoms with E-state index in [-0.39, 0.29) is 11.9 Å². The Kier molecular flexibility index (Phi) is 7.06. The van der Waals surface area contributed by atoms with Crippen molar-refractivity contribution < 1.29 is 9.90 Å². The van der Waals surface area contributed by atoms with Crippen molar-refractivity contribution in [1.82, 2.24) is 0 Å². The van der Waals surface area contributed by atoms with Crippen LogP contribution in [0.4, 0.5) is 0 Å². The molecular formula is C10H20O2. The number of carbonyl (C=O) groups is 1. The largest absolute Gasteiger partial charge is 0.393 e. The van der Waals surface area contributed by atoms with E-state index in [1.165, 1.54) is 0 Å². The van der Waals surface area contributed by atoms with Gasteiger partial charge in [-0.2, -0.15) is 0 Å². The van der Waals surface area contributed by atoms with Crippen LogP contribution in [0, 0.1) is 0 Å². The van der Waals surface area contributed by atoms with Crippen molar-refractivity contribution >= 4 is 5.78 Å². The number of hydrogen-bond donors (Lipinski definition) is 1. The van der Waals surface area contributed by atoms with Crippen LogP contribution in [-0.2, 0) is 4.79 Å². The smallest absolute Gasteiger partial charge is 0.129 e. The van der Waals surface area contributed by atoms with Crippen molar-refractivity contribution in [3.63, 3.8) is 0 Å². The molecule has 0 aliphatic rings. The van der Waals surface area contributed by atoms with Crippen LogP contribution in [0.25, 0.3) is 0 Å². The van der Waals surface area contributed by atoms with Gasteiger partial charge in [-0.15, -0.1) is 0 Å². The van der Waals surface area contributed by atoms with Gasteiger partial charge in [-0.3, -0.25) is 0 Å². The van der Waals surface area contributed by atoms with E-state index in [2.05, 4.69) is 6.92 Å². The van der Waals surface area contributed by atoms with E-state index in [9.17, 15) is 9.90 Å². The quantitative estimate of drug-likeness (QED) is 0.639. The minimum Gasteiger partial charge on any atom is -0.393 e. The maximum atomic E-state index is 10.6. The molecule has 0 aliphatic carbocycles. The SMILES string of the molecule is CCCCC(O)CCCC(C)=O. The summed E-state index contributed by atoms with van der Waals surface area (Å²) >= 11 is 0. The fraction of sp³-hybridized carbons (Fsp3) is 0.900. The molecule has 0 spiro atoms. The van der Waals surface area contributed by atoms with Crippen LogP contribution in [0.15, 0.2) is 0 Å². The van der Waals surface area contributed by atoms with Crippen LogP contribution in [0.1, 0.15) is 52.4 Å². The van der Waals surface area contributed by atoms with Gasteiger partial charge >= 0.3 is 0 Å². The summed E-state index contributed by atoms with van der Waals surface area (Å²) in [5.74, 6) is 0.220. The molecule has 0 fully saturated rings. The third kappa shape index (κ3) is 7.73. The molecule has 1 atom stereocenters. The summed E-state index contributed by atoms with van der Waals surface area (Å²) < 4.78 is 0. The average Bonchev–Trinajstić information content (AvgIpc) is 2.00. The highest BCUT2D eigenvalue weighted by molar-refractivity contribution is 5.75. The van der Waals surface area contributed by atoms with Crippen LogP contribution in [-0.4, -0.2) is 17.0 Å². The molecule has 0 radical (unpaired) electrons. The van der Waals surface area contributed by atoms with E-state index < -0.39 is 0 Å². The van der Waals surface area contributed by atoms with Gasteiger partial charge in [0.15, 0.2) is 0 Å². The normalized spacial score (nSPS) is 12.9. The Morgan fingerprint density at radius 3 is 2.42 bits per heavy atom. The van der Waals surface area contributed by atoms with Gasteiger partial charge in [0.1, 0.15) is 5.78 Å². The Morgan fingerprint density at radius 2 is 1.92 bits per heavy atom. The number of unbranched alkanes of at least 4 members (excludes halogenated alkanes) is 1. The summed E-state index contributed by atoms with van der Waals surface area (Å²) in [5, 5.41) is 9.38. The van der Waals surface area contributed by atoms with Crippen LogP contribution < -0.4 is 0 Å². The van der Waals surface area contributed by atoms with Crippen molar-refractivity contribution in [2.24, 2.45) is 0 Å². The van der Waals surface area contributed by atoms with Crippen molar-refractivity contribution in [3.05, 3.63) is 0 Å². The topological polar surface area (TPSA) is 37.3 Å². The van der Waals surface area contributed by atoms with E-state index in [1.54, 1.807) is 6.92 Å². The summed E-state index contributed by atoms with van der Waals surface area (Å²) in [4.78, 5) is 10.6. The maximum Gasteiger partial charge on any atom is 0.129 e. The summed E-state index contributed by atoms with van der Waals surface area (Å²) in [6.45, 7) is 3.71. The Balaban J connectivity index is 3.19. The number of rotatable bonds is 7. The first kappa shape index (κ1) is 11.6. The van der Waals surface area contributed by atoms with E-state index in [0.29, 0.717) is 6.42 Å². The summed E-state index contributed by atoms with van der Waals surface area (Å²) in [6, 6.07) is 0. The molecule has 1 unspecified atom stereocenters. The lowest BCUT2D eigenvalue weighted by atomic mass is 10.1. The zero-order valence-electron chi connectivity index (χ0n) is 8.18. The fourth-order valence-corrected chi connectivity index (χ4v) is 1.17. The molecule has 12 heavy (non-hydrogen) atoms. The average molecular weight is 172 g/mol. The van der Waals surface area contributed by atoms with Gasteiger partial charge in [-0.25, -0.2) is 0 Å². The molecule has 1 N–H and O–H groups in total. The number of aliphatic hydroxyl groups is 1. The molecule has 0 aromatic heterocycles. The summed E-state index contributed by atoms with van der Waals surface area (Å²) in [6.07, 6.45) is 5.13. The van der Waals surface area contributed by atoms with Gasteiger partial charge in [-0.1, -0.05) is 19.8 Å². The van der Waals surface area contributed by atoms with Crippen LogP contribution in [0.3, 0.4) is 0 Å². The Morgan fingerprint density at radius 1 is 1.33 bits per heavy atom. The Bertz CT molecular complexity index is 121. The van der Waals surface area contributed by atoms with Crippen molar-refractivity contribution in [2.75, 3.05) is 0 Å². The lowest BCUT2D eigenvalue weighted by Crippen LogP contribution is -2.06. The first-order chi connectivity index (χ1) is 5.66. The number of carbonyl (C=O) groups excluding carboxylic acids is 1. The molecule has 0 amide bonds. The highest BCUT2D eigenvalue weighted by atomic mass is 16.3. The second kappa shape index (κ2) is 7.29. The fourth-order valence-electron chi connectivity index (χ4n) is 1.17. The third-order valence-corrected chi connectivity index (χ3v) is 1.96. The van der Waals surface area contributed by atoms with E-state index in [0.717, 1.165) is 32.1 Å². The van der Waals surface area contributed by atoms with E-state index >= 15 is 0 Å². The van der Waals surface area contributed by atoms with Gasteiger partial charge < -0.3 is 9.90 Å². The van der Waals surface area contributed by atoms with Crippen LogP contribution >= 0.6 is 0 Å². The lowest BCUT2D eigenvalue weighted by molar-refractivity contribution is -0.117. The Labute approximate surface area is 75.0 Å². The molecule has 2 nitrogen and oxygen atoms in total. The highest BCUT2D eigenvalue weighted by Gasteiger charge is 2.03. The molecule has 0 saturated carbocycles. The maximum absolute atomic E-state index is 10.6. The standard InChI is InChI=1S/C10H20O2/c1-3-4-7-10(12)8-5-6-9(2)11/h10,12H,3-8H2,1-2H3. The molecule has 2 heteroatoms. The van der Waals surface area contributed by atoms with E-state index in [4.69, 9.17) is 0 Å². The minimum absolute atomic E-state index is 0.190. The minimum atomic E-state index is -0.190. The van der Waals surface area contributed by atoms with Crippen LogP contribution in [0.2, 0.25) is 0 Å². The van der Waals surface area contributed by atoms with Crippen LogP contribution in [0.5, 0.6) is 0 Å². The monoisotopic (exact) mass is 172 g/mol.